The van der Waals surface area contributed by atoms with Gasteiger partial charge < -0.3 is 14.6 Å². The molecule has 0 radical (unpaired) electrons. The van der Waals surface area contributed by atoms with Gasteiger partial charge in [-0.15, -0.1) is 11.6 Å². The van der Waals surface area contributed by atoms with E-state index in [1.807, 2.05) is 26.0 Å². The Balaban J connectivity index is 2.16. The van der Waals surface area contributed by atoms with Crippen LogP contribution in [-0.2, 0) is 20.0 Å². The molecule has 33 heavy (non-hydrogen) atoms. The van der Waals surface area contributed by atoms with Crippen molar-refractivity contribution in [2.24, 2.45) is 0 Å². The third-order valence-corrected chi connectivity index (χ3v) is 6.92. The lowest BCUT2D eigenvalue weighted by Crippen LogP contribution is -2.34. The molecule has 6 nitrogen and oxygen atoms in total. The van der Waals surface area contributed by atoms with Crippen LogP contribution in [0.15, 0.2) is 36.4 Å². The Bertz CT molecular complexity index is 1070. The highest BCUT2D eigenvalue weighted by Crippen LogP contribution is 2.41. The molecule has 0 unspecified atom stereocenters. The minimum absolute atomic E-state index is 0.00106. The molecule has 0 fully saturated rings. The van der Waals surface area contributed by atoms with Crippen LogP contribution in [0.1, 0.15) is 31.9 Å². The molecule has 2 aromatic rings. The average molecular weight is 538 g/mol. The second-order valence-electron chi connectivity index (χ2n) is 8.74. The zero-order chi connectivity index (χ0) is 25.0. The van der Waals surface area contributed by atoms with Gasteiger partial charge in [-0.3, -0.25) is 4.79 Å². The molecule has 0 amide bonds. The SMILES string of the molecule is CC(C)(c1ccc(OCC(=O)CS(C)(=O)=O)cc1)c1cc(Cl)c(OC[C@@](C)(O)CCl)c(Cl)c1. The fourth-order valence-corrected chi connectivity index (χ4v) is 4.30. The molecular weight excluding hydrogens is 511 g/mol. The highest BCUT2D eigenvalue weighted by Gasteiger charge is 2.27. The number of alkyl halides is 1. The van der Waals surface area contributed by atoms with E-state index < -0.39 is 32.4 Å². The molecule has 0 saturated carbocycles. The average Bonchev–Trinajstić information content (AvgIpc) is 2.70. The van der Waals surface area contributed by atoms with E-state index in [2.05, 4.69) is 0 Å². The molecule has 0 aromatic heterocycles. The zero-order valence-corrected chi connectivity index (χ0v) is 21.9. The minimum atomic E-state index is -3.39. The molecule has 1 atom stereocenters. The minimum Gasteiger partial charge on any atom is -0.487 e. The van der Waals surface area contributed by atoms with E-state index in [0.717, 1.165) is 17.4 Å². The Morgan fingerprint density at radius 2 is 1.55 bits per heavy atom. The second kappa shape index (κ2) is 10.8. The molecule has 2 rings (SSSR count). The Labute approximate surface area is 209 Å². The molecule has 0 aliphatic heterocycles. The van der Waals surface area contributed by atoms with Gasteiger partial charge in [0.2, 0.25) is 0 Å². The first-order valence-corrected chi connectivity index (χ1v) is 13.3. The number of Topliss-reactive ketones (excluding diaryl/α,β-unsaturated/α-hetero) is 1. The van der Waals surface area contributed by atoms with Crippen LogP contribution < -0.4 is 9.47 Å². The molecule has 1 N–H and O–H groups in total. The smallest absolute Gasteiger partial charge is 0.185 e. The number of benzene rings is 2. The molecule has 0 spiro atoms. The van der Waals surface area contributed by atoms with Crippen LogP contribution in [0.4, 0.5) is 0 Å². The molecule has 0 heterocycles. The summed E-state index contributed by atoms with van der Waals surface area (Å²) < 4.78 is 33.4. The summed E-state index contributed by atoms with van der Waals surface area (Å²) in [7, 11) is -3.39. The van der Waals surface area contributed by atoms with E-state index >= 15 is 0 Å². The lowest BCUT2D eigenvalue weighted by atomic mass is 9.78. The highest BCUT2D eigenvalue weighted by atomic mass is 35.5. The van der Waals surface area contributed by atoms with Crippen molar-refractivity contribution in [3.63, 3.8) is 0 Å². The number of ketones is 1. The van der Waals surface area contributed by atoms with E-state index in [1.54, 1.807) is 31.2 Å². The summed E-state index contributed by atoms with van der Waals surface area (Å²) in [4.78, 5) is 11.7. The van der Waals surface area contributed by atoms with Crippen molar-refractivity contribution in [1.29, 1.82) is 0 Å². The van der Waals surface area contributed by atoms with Gasteiger partial charge in [0.25, 0.3) is 0 Å². The van der Waals surface area contributed by atoms with Crippen molar-refractivity contribution in [3.8, 4) is 11.5 Å². The summed E-state index contributed by atoms with van der Waals surface area (Å²) in [6.07, 6.45) is 1.00. The lowest BCUT2D eigenvalue weighted by Gasteiger charge is -2.28. The molecule has 0 aliphatic rings. The molecular formula is C23H27Cl3O6S. The third-order valence-electron chi connectivity index (χ3n) is 4.93. The molecule has 0 saturated heterocycles. The second-order valence-corrected chi connectivity index (χ2v) is 12.0. The summed E-state index contributed by atoms with van der Waals surface area (Å²) in [5.41, 5.74) is 0.0675. The first-order valence-electron chi connectivity index (χ1n) is 9.98. The predicted molar refractivity (Wildman–Crippen MR) is 132 cm³/mol. The molecule has 0 aliphatic carbocycles. The van der Waals surface area contributed by atoms with Gasteiger partial charge in [0.05, 0.1) is 15.9 Å². The Hall–Kier alpha value is -1.51. The van der Waals surface area contributed by atoms with Gasteiger partial charge in [-0.05, 0) is 42.3 Å². The van der Waals surface area contributed by atoms with Gasteiger partial charge in [-0.2, -0.15) is 0 Å². The van der Waals surface area contributed by atoms with Crippen molar-refractivity contribution in [3.05, 3.63) is 57.6 Å². The quantitative estimate of drug-likeness (QED) is 0.419. The zero-order valence-electron chi connectivity index (χ0n) is 18.8. The first kappa shape index (κ1) is 27.7. The van der Waals surface area contributed by atoms with Crippen molar-refractivity contribution >= 4 is 50.4 Å². The van der Waals surface area contributed by atoms with E-state index in [9.17, 15) is 18.3 Å². The maximum atomic E-state index is 11.7. The van der Waals surface area contributed by atoms with Crippen LogP contribution in [0.5, 0.6) is 11.5 Å². The van der Waals surface area contributed by atoms with Gasteiger partial charge in [0, 0.05) is 11.7 Å². The standard InChI is InChI=1S/C23H27Cl3O6S/c1-22(2,15-5-7-18(8-6-15)31-11-17(27)12-33(4,29)30)16-9-19(25)21(20(26)10-16)32-14-23(3,28)13-24/h5-10,28H,11-14H2,1-4H3/t23-/m0/s1. The lowest BCUT2D eigenvalue weighted by molar-refractivity contribution is -0.118. The van der Waals surface area contributed by atoms with Gasteiger partial charge >= 0.3 is 0 Å². The predicted octanol–water partition coefficient (Wildman–Crippen LogP) is 4.68. The van der Waals surface area contributed by atoms with E-state index in [4.69, 9.17) is 44.3 Å². The van der Waals surface area contributed by atoms with E-state index in [-0.39, 0.29) is 24.8 Å². The number of rotatable bonds is 11. The molecule has 2 aromatic carbocycles. The van der Waals surface area contributed by atoms with Crippen molar-refractivity contribution in [2.75, 3.05) is 31.1 Å². The monoisotopic (exact) mass is 536 g/mol. The summed E-state index contributed by atoms with van der Waals surface area (Å²) >= 11 is 18.6. The number of hydrogen-bond donors (Lipinski definition) is 1. The van der Waals surface area contributed by atoms with Crippen LogP contribution in [0.25, 0.3) is 0 Å². The summed E-state index contributed by atoms with van der Waals surface area (Å²) in [5, 5.41) is 10.7. The van der Waals surface area contributed by atoms with Gasteiger partial charge in [0.15, 0.2) is 21.4 Å². The maximum absolute atomic E-state index is 11.7. The van der Waals surface area contributed by atoms with Crippen molar-refractivity contribution in [1.82, 2.24) is 0 Å². The van der Waals surface area contributed by atoms with Crippen LogP contribution in [0, 0.1) is 0 Å². The number of sulfone groups is 1. The van der Waals surface area contributed by atoms with Crippen molar-refractivity contribution in [2.45, 2.75) is 31.8 Å². The van der Waals surface area contributed by atoms with Crippen LogP contribution in [-0.4, -0.2) is 56.0 Å². The Morgan fingerprint density at radius 3 is 2.03 bits per heavy atom. The third kappa shape index (κ3) is 8.04. The number of carbonyl (C=O) groups excluding carboxylic acids is 1. The number of aliphatic hydroxyl groups is 1. The normalized spacial score (nSPS) is 13.9. The van der Waals surface area contributed by atoms with Crippen LogP contribution >= 0.6 is 34.8 Å². The van der Waals surface area contributed by atoms with Gasteiger partial charge in [0.1, 0.15) is 30.3 Å². The summed E-state index contributed by atoms with van der Waals surface area (Å²) in [6.45, 7) is 5.17. The maximum Gasteiger partial charge on any atom is 0.185 e. The van der Waals surface area contributed by atoms with Crippen LogP contribution in [0.2, 0.25) is 10.0 Å². The largest absolute Gasteiger partial charge is 0.487 e. The van der Waals surface area contributed by atoms with E-state index in [1.165, 1.54) is 0 Å². The van der Waals surface area contributed by atoms with Gasteiger partial charge in [-0.1, -0.05) is 49.2 Å². The summed E-state index contributed by atoms with van der Waals surface area (Å²) in [5.74, 6) is -0.351. The Kier molecular flexibility index (Phi) is 9.10. The molecule has 0 bridgehead atoms. The first-order chi connectivity index (χ1) is 15.1. The van der Waals surface area contributed by atoms with E-state index in [0.29, 0.717) is 15.8 Å². The number of ether oxygens (including phenoxy) is 2. The Morgan fingerprint density at radius 1 is 1.00 bits per heavy atom. The number of hydrogen-bond acceptors (Lipinski definition) is 6. The number of halogens is 3. The van der Waals surface area contributed by atoms with Crippen molar-refractivity contribution < 1.29 is 27.8 Å². The topological polar surface area (TPSA) is 89.9 Å². The van der Waals surface area contributed by atoms with Gasteiger partial charge in [-0.25, -0.2) is 8.42 Å². The number of carbonyl (C=O) groups is 1. The fourth-order valence-electron chi connectivity index (χ4n) is 2.96. The molecule has 182 valence electrons. The molecule has 10 heteroatoms. The fraction of sp³-hybridized carbons (Fsp3) is 0.435. The summed E-state index contributed by atoms with van der Waals surface area (Å²) in [6, 6.07) is 10.6. The van der Waals surface area contributed by atoms with Crippen LogP contribution in [0.3, 0.4) is 0 Å². The highest BCUT2D eigenvalue weighted by molar-refractivity contribution is 7.91.